The topological polar surface area (TPSA) is 108 Å². The van der Waals surface area contributed by atoms with Gasteiger partial charge in [-0.05, 0) is 72.7 Å². The van der Waals surface area contributed by atoms with Gasteiger partial charge in [-0.2, -0.15) is 4.31 Å². The van der Waals surface area contributed by atoms with Crippen molar-refractivity contribution < 1.29 is 18.3 Å². The van der Waals surface area contributed by atoms with Crippen molar-refractivity contribution in [3.8, 4) is 0 Å². The van der Waals surface area contributed by atoms with Crippen LogP contribution in [0.3, 0.4) is 0 Å². The Morgan fingerprint density at radius 2 is 1.93 bits per heavy atom. The van der Waals surface area contributed by atoms with Gasteiger partial charge in [0.1, 0.15) is 10.7 Å². The molecule has 4 heterocycles. The van der Waals surface area contributed by atoms with Gasteiger partial charge in [0.05, 0.1) is 12.1 Å². The van der Waals surface area contributed by atoms with Crippen LogP contribution in [0.1, 0.15) is 65.7 Å². The van der Waals surface area contributed by atoms with Crippen LogP contribution in [-0.2, 0) is 27.8 Å². The molecule has 2 aromatic carbocycles. The van der Waals surface area contributed by atoms with Crippen molar-refractivity contribution in [1.29, 1.82) is 0 Å². The molecule has 2 aromatic heterocycles. The van der Waals surface area contributed by atoms with Gasteiger partial charge in [-0.25, -0.2) is 8.42 Å². The van der Waals surface area contributed by atoms with E-state index in [2.05, 4.69) is 15.1 Å². The second-order valence-electron chi connectivity index (χ2n) is 11.2. The number of rotatable bonds is 7. The smallest absolute Gasteiger partial charge is 0.304 e. The van der Waals surface area contributed by atoms with Gasteiger partial charge in [0.15, 0.2) is 5.65 Å². The molecule has 1 saturated heterocycles. The van der Waals surface area contributed by atoms with Crippen molar-refractivity contribution in [2.24, 2.45) is 0 Å². The fraction of sp³-hybridized carbons (Fsp3) is 0.387. The number of aryl methyl sites for hydroxylation is 3. The quantitative estimate of drug-likeness (QED) is 0.342. The van der Waals surface area contributed by atoms with Crippen LogP contribution in [0, 0.1) is 13.8 Å². The Kier molecular flexibility index (Phi) is 7.07. The summed E-state index contributed by atoms with van der Waals surface area (Å²) in [5.74, 6) is -0.478. The van der Waals surface area contributed by atoms with Gasteiger partial charge in [0, 0.05) is 44.2 Å². The predicted molar refractivity (Wildman–Crippen MR) is 157 cm³/mol. The van der Waals surface area contributed by atoms with Crippen LogP contribution in [0.15, 0.2) is 59.6 Å². The molecule has 0 aliphatic carbocycles. The molecule has 10 heteroatoms. The SMILES string of the molecule is CCc1nnc2c(C)c([C@@H](CC(=O)O)c3ccc(C)c(CN4C[C@H]5CCCN5c5ccccc5S4(=O)=O)c3)ccn12. The number of carboxylic acid groups (broad SMARTS) is 1. The van der Waals surface area contributed by atoms with E-state index in [0.717, 1.165) is 70.8 Å². The molecule has 0 bridgehead atoms. The average Bonchev–Trinajstić information content (AvgIpc) is 3.58. The molecule has 1 fully saturated rings. The van der Waals surface area contributed by atoms with Gasteiger partial charge in [0.2, 0.25) is 10.0 Å². The normalized spacial score (nSPS) is 19.1. The number of aromatic nitrogens is 3. The van der Waals surface area contributed by atoms with Gasteiger partial charge in [0.25, 0.3) is 0 Å². The summed E-state index contributed by atoms with van der Waals surface area (Å²) < 4.78 is 31.5. The highest BCUT2D eigenvalue weighted by Gasteiger charge is 2.39. The maximum absolute atomic E-state index is 14.0. The third kappa shape index (κ3) is 4.78. The number of fused-ring (bicyclic) bond motifs is 4. The second kappa shape index (κ2) is 10.6. The number of benzene rings is 2. The summed E-state index contributed by atoms with van der Waals surface area (Å²) >= 11 is 0. The van der Waals surface area contributed by atoms with E-state index in [-0.39, 0.29) is 19.0 Å². The first kappa shape index (κ1) is 27.4. The maximum Gasteiger partial charge on any atom is 0.304 e. The van der Waals surface area contributed by atoms with E-state index in [1.807, 2.05) is 67.8 Å². The lowest BCUT2D eigenvalue weighted by Gasteiger charge is -2.27. The fourth-order valence-electron chi connectivity index (χ4n) is 6.49. The number of sulfonamides is 1. The summed E-state index contributed by atoms with van der Waals surface area (Å²) in [4.78, 5) is 14.7. The van der Waals surface area contributed by atoms with Gasteiger partial charge >= 0.3 is 5.97 Å². The van der Waals surface area contributed by atoms with Crippen molar-refractivity contribution in [1.82, 2.24) is 18.9 Å². The molecule has 0 radical (unpaired) electrons. The van der Waals surface area contributed by atoms with E-state index in [1.165, 1.54) is 0 Å². The summed E-state index contributed by atoms with van der Waals surface area (Å²) in [5.41, 5.74) is 5.96. The highest BCUT2D eigenvalue weighted by molar-refractivity contribution is 7.89. The minimum absolute atomic E-state index is 0.0965. The van der Waals surface area contributed by atoms with Gasteiger partial charge < -0.3 is 10.0 Å². The number of nitrogens with zero attached hydrogens (tertiary/aromatic N) is 5. The fourth-order valence-corrected chi connectivity index (χ4v) is 8.15. The number of anilines is 1. The Morgan fingerprint density at radius 3 is 2.71 bits per heavy atom. The van der Waals surface area contributed by atoms with Crippen LogP contribution in [0.2, 0.25) is 0 Å². The lowest BCUT2D eigenvalue weighted by molar-refractivity contribution is -0.137. The summed E-state index contributed by atoms with van der Waals surface area (Å²) in [7, 11) is -3.73. The van der Waals surface area contributed by atoms with E-state index in [1.54, 1.807) is 16.4 Å². The molecule has 0 unspecified atom stereocenters. The number of para-hydroxylation sites is 1. The summed E-state index contributed by atoms with van der Waals surface area (Å²) in [6.45, 7) is 7.45. The highest BCUT2D eigenvalue weighted by Crippen LogP contribution is 2.38. The van der Waals surface area contributed by atoms with Gasteiger partial charge in [-0.1, -0.05) is 37.3 Å². The third-order valence-electron chi connectivity index (χ3n) is 8.71. The molecule has 0 amide bonds. The molecular weight excluding hydrogens is 538 g/mol. The van der Waals surface area contributed by atoms with Crippen molar-refractivity contribution >= 4 is 27.3 Å². The zero-order valence-corrected chi connectivity index (χ0v) is 24.4. The van der Waals surface area contributed by atoms with E-state index in [0.29, 0.717) is 11.4 Å². The van der Waals surface area contributed by atoms with Crippen LogP contribution in [-0.4, -0.2) is 57.5 Å². The van der Waals surface area contributed by atoms with Crippen LogP contribution in [0.5, 0.6) is 0 Å². The number of pyridine rings is 1. The predicted octanol–water partition coefficient (Wildman–Crippen LogP) is 4.69. The molecule has 9 nitrogen and oxygen atoms in total. The molecule has 0 spiro atoms. The Morgan fingerprint density at radius 1 is 1.12 bits per heavy atom. The van der Waals surface area contributed by atoms with Crippen molar-refractivity contribution in [2.45, 2.75) is 69.9 Å². The minimum Gasteiger partial charge on any atom is -0.481 e. The highest BCUT2D eigenvalue weighted by atomic mass is 32.2. The number of carbonyl (C=O) groups is 1. The molecule has 41 heavy (non-hydrogen) atoms. The molecule has 6 rings (SSSR count). The Hall–Kier alpha value is -3.76. The maximum atomic E-state index is 14.0. The molecule has 2 aliphatic heterocycles. The number of hydrogen-bond acceptors (Lipinski definition) is 6. The van der Waals surface area contributed by atoms with E-state index >= 15 is 0 Å². The number of aliphatic carboxylic acids is 1. The van der Waals surface area contributed by atoms with Crippen molar-refractivity contribution in [3.05, 3.63) is 88.4 Å². The van der Waals surface area contributed by atoms with Crippen molar-refractivity contribution in [2.75, 3.05) is 18.0 Å². The molecule has 1 N–H and O–H groups in total. The third-order valence-corrected chi connectivity index (χ3v) is 10.6. The first-order valence-corrected chi connectivity index (χ1v) is 15.6. The first-order chi connectivity index (χ1) is 19.7. The molecule has 2 atom stereocenters. The summed E-state index contributed by atoms with van der Waals surface area (Å²) in [5, 5.41) is 18.6. The molecular formula is C31H35N5O4S. The lowest BCUT2D eigenvalue weighted by Crippen LogP contribution is -2.39. The summed E-state index contributed by atoms with van der Waals surface area (Å²) in [6, 6.07) is 15.3. The minimum atomic E-state index is -3.73. The number of carboxylic acids is 1. The molecule has 4 aromatic rings. The van der Waals surface area contributed by atoms with E-state index < -0.39 is 21.9 Å². The standard InChI is InChI=1S/C31H35N5O4S/c1-4-29-32-33-31-21(3)25(13-15-36(29)31)26(17-30(37)38)22-12-11-20(2)23(16-22)18-34-19-24-8-7-14-35(24)27-9-5-6-10-28(27)41(34,39)40/h5-6,9-13,15-16,24,26H,4,7-8,14,17-19H2,1-3H3,(H,37,38)/t24-,26+/m1/s1. The zero-order chi connectivity index (χ0) is 28.9. The van der Waals surface area contributed by atoms with Crippen LogP contribution >= 0.6 is 0 Å². The van der Waals surface area contributed by atoms with Gasteiger partial charge in [-0.3, -0.25) is 9.20 Å². The van der Waals surface area contributed by atoms with Crippen LogP contribution < -0.4 is 4.90 Å². The van der Waals surface area contributed by atoms with Crippen LogP contribution in [0.25, 0.3) is 5.65 Å². The molecule has 0 saturated carbocycles. The first-order valence-electron chi connectivity index (χ1n) is 14.2. The van der Waals surface area contributed by atoms with Crippen LogP contribution in [0.4, 0.5) is 5.69 Å². The lowest BCUT2D eigenvalue weighted by atomic mass is 9.85. The Bertz CT molecular complexity index is 1750. The molecule has 214 valence electrons. The zero-order valence-electron chi connectivity index (χ0n) is 23.6. The molecule has 2 aliphatic rings. The monoisotopic (exact) mass is 573 g/mol. The summed E-state index contributed by atoms with van der Waals surface area (Å²) in [6.07, 6.45) is 4.54. The van der Waals surface area contributed by atoms with Gasteiger partial charge in [-0.15, -0.1) is 10.2 Å². The Balaban J connectivity index is 1.40. The largest absolute Gasteiger partial charge is 0.481 e. The Labute approximate surface area is 240 Å². The van der Waals surface area contributed by atoms with E-state index in [4.69, 9.17) is 0 Å². The van der Waals surface area contributed by atoms with Crippen molar-refractivity contribution in [3.63, 3.8) is 0 Å². The average molecular weight is 574 g/mol. The second-order valence-corrected chi connectivity index (χ2v) is 13.1. The van der Waals surface area contributed by atoms with E-state index in [9.17, 15) is 18.3 Å². The number of hydrogen-bond donors (Lipinski definition) is 1.